The Morgan fingerprint density at radius 1 is 0.914 bits per heavy atom. The van der Waals surface area contributed by atoms with Gasteiger partial charge in [-0.05, 0) is 61.0 Å². The third-order valence-corrected chi connectivity index (χ3v) is 8.19. The van der Waals surface area contributed by atoms with Gasteiger partial charge in [0.05, 0.1) is 10.6 Å². The van der Waals surface area contributed by atoms with Crippen LogP contribution in [0.15, 0.2) is 92.7 Å². The van der Waals surface area contributed by atoms with Crippen molar-refractivity contribution in [1.82, 2.24) is 10.2 Å². The summed E-state index contributed by atoms with van der Waals surface area (Å²) in [6.07, 6.45) is 0. The van der Waals surface area contributed by atoms with Gasteiger partial charge in [-0.2, -0.15) is 0 Å². The maximum atomic E-state index is 13.6. The number of sulfonamides is 1. The van der Waals surface area contributed by atoms with Crippen LogP contribution in [0.1, 0.15) is 12.5 Å². The molecule has 0 fully saturated rings. The zero-order valence-electron chi connectivity index (χ0n) is 19.2. The van der Waals surface area contributed by atoms with E-state index in [4.69, 9.17) is 0 Å². The third-order valence-electron chi connectivity index (χ3n) is 5.38. The molecule has 1 unspecified atom stereocenters. The average molecular weight is 623 g/mol. The van der Waals surface area contributed by atoms with Gasteiger partial charge in [-0.25, -0.2) is 8.42 Å². The van der Waals surface area contributed by atoms with E-state index in [1.54, 1.807) is 49.4 Å². The molecule has 0 saturated heterocycles. The van der Waals surface area contributed by atoms with E-state index in [9.17, 15) is 18.0 Å². The summed E-state index contributed by atoms with van der Waals surface area (Å²) in [7, 11) is -2.57. The summed E-state index contributed by atoms with van der Waals surface area (Å²) in [5.41, 5.74) is 1.13. The number of likely N-dealkylation sites (N-methyl/N-ethyl adjacent to an activating group) is 1. The van der Waals surface area contributed by atoms with E-state index in [1.165, 1.54) is 24.1 Å². The van der Waals surface area contributed by atoms with Crippen LogP contribution in [-0.4, -0.2) is 44.8 Å². The van der Waals surface area contributed by atoms with Crippen molar-refractivity contribution in [1.29, 1.82) is 0 Å². The number of benzene rings is 3. The molecule has 0 aliphatic rings. The smallest absolute Gasteiger partial charge is 0.264 e. The molecule has 0 aromatic heterocycles. The van der Waals surface area contributed by atoms with Crippen LogP contribution in [-0.2, 0) is 26.2 Å². The Morgan fingerprint density at radius 2 is 1.57 bits per heavy atom. The highest BCUT2D eigenvalue weighted by Gasteiger charge is 2.32. The van der Waals surface area contributed by atoms with Crippen molar-refractivity contribution in [2.75, 3.05) is 17.9 Å². The van der Waals surface area contributed by atoms with Gasteiger partial charge < -0.3 is 10.2 Å². The largest absolute Gasteiger partial charge is 0.357 e. The van der Waals surface area contributed by atoms with Gasteiger partial charge in [0, 0.05) is 22.5 Å². The molecule has 1 atom stereocenters. The van der Waals surface area contributed by atoms with E-state index < -0.39 is 28.5 Å². The number of amides is 2. The van der Waals surface area contributed by atoms with Gasteiger partial charge in [0.2, 0.25) is 11.8 Å². The van der Waals surface area contributed by atoms with Gasteiger partial charge in [-0.15, -0.1) is 0 Å². The summed E-state index contributed by atoms with van der Waals surface area (Å²) < 4.78 is 29.9. The van der Waals surface area contributed by atoms with Crippen molar-refractivity contribution in [3.63, 3.8) is 0 Å². The summed E-state index contributed by atoms with van der Waals surface area (Å²) >= 11 is 6.78. The Balaban J connectivity index is 2.01. The van der Waals surface area contributed by atoms with Gasteiger partial charge in [0.1, 0.15) is 12.6 Å². The molecule has 3 rings (SSSR count). The molecule has 0 spiro atoms. The first kappa shape index (κ1) is 26.9. The van der Waals surface area contributed by atoms with Crippen molar-refractivity contribution in [2.24, 2.45) is 0 Å². The van der Waals surface area contributed by atoms with Gasteiger partial charge in [0.15, 0.2) is 0 Å². The van der Waals surface area contributed by atoms with Gasteiger partial charge in [-0.3, -0.25) is 13.9 Å². The lowest BCUT2D eigenvalue weighted by Crippen LogP contribution is -2.50. The zero-order valence-corrected chi connectivity index (χ0v) is 23.2. The molecule has 184 valence electrons. The minimum Gasteiger partial charge on any atom is -0.357 e. The van der Waals surface area contributed by atoms with Crippen molar-refractivity contribution >= 4 is 59.4 Å². The molecule has 0 aliphatic heterocycles. The Bertz CT molecular complexity index is 1290. The lowest BCUT2D eigenvalue weighted by molar-refractivity contribution is -0.139. The van der Waals surface area contributed by atoms with E-state index in [1.807, 2.05) is 24.3 Å². The lowest BCUT2D eigenvalue weighted by Gasteiger charge is -2.31. The Morgan fingerprint density at radius 3 is 2.17 bits per heavy atom. The molecule has 0 heterocycles. The van der Waals surface area contributed by atoms with E-state index in [0.717, 1.165) is 18.8 Å². The normalized spacial score (nSPS) is 12.0. The molecular weight excluding hydrogens is 598 g/mol. The summed E-state index contributed by atoms with van der Waals surface area (Å²) in [5, 5.41) is 2.57. The predicted octanol–water partition coefficient (Wildman–Crippen LogP) is 4.57. The first-order valence-corrected chi connectivity index (χ1v) is 13.7. The van der Waals surface area contributed by atoms with Crippen LogP contribution in [0.3, 0.4) is 0 Å². The van der Waals surface area contributed by atoms with Crippen LogP contribution < -0.4 is 9.62 Å². The third kappa shape index (κ3) is 6.71. The van der Waals surface area contributed by atoms with Crippen molar-refractivity contribution in [2.45, 2.75) is 24.4 Å². The molecule has 7 nitrogen and oxygen atoms in total. The maximum Gasteiger partial charge on any atom is 0.264 e. The highest BCUT2D eigenvalue weighted by Crippen LogP contribution is 2.26. The van der Waals surface area contributed by atoms with Crippen molar-refractivity contribution in [3.05, 3.63) is 93.4 Å². The van der Waals surface area contributed by atoms with Crippen LogP contribution >= 0.6 is 31.9 Å². The summed E-state index contributed by atoms with van der Waals surface area (Å²) in [4.78, 5) is 27.6. The van der Waals surface area contributed by atoms with Gasteiger partial charge in [-0.1, -0.05) is 62.2 Å². The van der Waals surface area contributed by atoms with Gasteiger partial charge in [0.25, 0.3) is 10.0 Å². The number of hydrogen-bond acceptors (Lipinski definition) is 4. The number of rotatable bonds is 9. The molecule has 1 N–H and O–H groups in total. The fraction of sp³-hybridized carbons (Fsp3) is 0.200. The van der Waals surface area contributed by atoms with Gasteiger partial charge >= 0.3 is 0 Å². The molecule has 35 heavy (non-hydrogen) atoms. The summed E-state index contributed by atoms with van der Waals surface area (Å²) in [6.45, 7) is 1.27. The molecule has 3 aromatic carbocycles. The average Bonchev–Trinajstić information content (AvgIpc) is 2.86. The first-order chi connectivity index (χ1) is 16.6. The zero-order chi connectivity index (χ0) is 25.6. The Hall–Kier alpha value is -2.69. The molecule has 2 amide bonds. The highest BCUT2D eigenvalue weighted by molar-refractivity contribution is 9.10. The molecule has 10 heteroatoms. The molecule has 0 bridgehead atoms. The van der Waals surface area contributed by atoms with Crippen LogP contribution in [0, 0.1) is 0 Å². The first-order valence-electron chi connectivity index (χ1n) is 10.7. The minimum absolute atomic E-state index is 0.0635. The number of carbonyl (C=O) groups excluding carboxylic acids is 2. The predicted molar refractivity (Wildman–Crippen MR) is 143 cm³/mol. The van der Waals surface area contributed by atoms with Crippen LogP contribution in [0.25, 0.3) is 0 Å². The van der Waals surface area contributed by atoms with Crippen molar-refractivity contribution in [3.8, 4) is 0 Å². The number of halogens is 2. The minimum atomic E-state index is -4.06. The second-order valence-corrected chi connectivity index (χ2v) is 11.4. The standard InChI is InChI=1S/C25H25Br2N3O4S/c1-18(25(32)28-2)29(16-19-7-6-8-21(27)15-19)24(31)17-30(22-13-11-20(26)12-14-22)35(33,34)23-9-4-3-5-10-23/h3-15,18H,16-17H2,1-2H3,(H,28,32). The molecule has 0 radical (unpaired) electrons. The second kappa shape index (κ2) is 11.8. The molecule has 3 aromatic rings. The maximum absolute atomic E-state index is 13.6. The second-order valence-electron chi connectivity index (χ2n) is 7.74. The van der Waals surface area contributed by atoms with E-state index in [-0.39, 0.29) is 17.3 Å². The van der Waals surface area contributed by atoms with E-state index in [2.05, 4.69) is 37.2 Å². The quantitative estimate of drug-likeness (QED) is 0.379. The van der Waals surface area contributed by atoms with Crippen LogP contribution in [0.2, 0.25) is 0 Å². The fourth-order valence-corrected chi connectivity index (χ4v) is 5.63. The van der Waals surface area contributed by atoms with Crippen LogP contribution in [0.4, 0.5) is 5.69 Å². The number of nitrogens with one attached hydrogen (secondary N) is 1. The monoisotopic (exact) mass is 621 g/mol. The van der Waals surface area contributed by atoms with E-state index in [0.29, 0.717) is 5.69 Å². The molecule has 0 saturated carbocycles. The lowest BCUT2D eigenvalue weighted by atomic mass is 10.1. The number of hydrogen-bond donors (Lipinski definition) is 1. The topological polar surface area (TPSA) is 86.8 Å². The van der Waals surface area contributed by atoms with E-state index >= 15 is 0 Å². The molecular formula is C25H25Br2N3O4S. The SMILES string of the molecule is CNC(=O)C(C)N(Cc1cccc(Br)c1)C(=O)CN(c1ccc(Br)cc1)S(=O)(=O)c1ccccc1. The fourth-order valence-electron chi connectivity index (χ4n) is 3.48. The molecule has 0 aliphatic carbocycles. The van der Waals surface area contributed by atoms with Crippen molar-refractivity contribution < 1.29 is 18.0 Å². The summed E-state index contributed by atoms with van der Waals surface area (Å²) in [6, 6.07) is 21.2. The highest BCUT2D eigenvalue weighted by atomic mass is 79.9. The number of nitrogens with zero attached hydrogens (tertiary/aromatic N) is 2. The summed E-state index contributed by atoms with van der Waals surface area (Å²) in [5.74, 6) is -0.863. The van der Waals surface area contributed by atoms with Crippen LogP contribution in [0.5, 0.6) is 0 Å². The number of anilines is 1. The Labute approximate surface area is 222 Å². The Kier molecular flexibility index (Phi) is 9.09. The number of carbonyl (C=O) groups is 2.